The van der Waals surface area contributed by atoms with E-state index in [-0.39, 0.29) is 36.5 Å². The number of anilines is 1. The molecule has 2 atom stereocenters. The van der Waals surface area contributed by atoms with Crippen molar-refractivity contribution in [1.29, 1.82) is 0 Å². The van der Waals surface area contributed by atoms with Gasteiger partial charge in [-0.2, -0.15) is 0 Å². The van der Waals surface area contributed by atoms with Crippen molar-refractivity contribution in [1.82, 2.24) is 10.2 Å². The van der Waals surface area contributed by atoms with Crippen molar-refractivity contribution in [3.63, 3.8) is 0 Å². The average molecular weight is 707 g/mol. The molecule has 0 saturated carbocycles. The molecule has 52 heavy (non-hydrogen) atoms. The SMILES string of the molecule is CC(C)C(NC(=O)[C@@H]1CCCN1C(=O)OCC1c2ccccc2-c2ccccc21)C(=O)Nc1ccc(COC(=O)Oc2ccc([N+](=O)[O-])cc2)cc1. The van der Waals surface area contributed by atoms with E-state index in [4.69, 9.17) is 14.2 Å². The van der Waals surface area contributed by atoms with Gasteiger partial charge in [0.1, 0.15) is 31.0 Å². The van der Waals surface area contributed by atoms with Gasteiger partial charge in [-0.1, -0.05) is 74.5 Å². The summed E-state index contributed by atoms with van der Waals surface area (Å²) in [6.45, 7) is 4.04. The zero-order valence-electron chi connectivity index (χ0n) is 28.7. The number of hydrogen-bond donors (Lipinski definition) is 2. The van der Waals surface area contributed by atoms with E-state index in [1.807, 2.05) is 50.2 Å². The molecule has 2 N–H and O–H groups in total. The number of hydrogen-bond acceptors (Lipinski definition) is 9. The second kappa shape index (κ2) is 15.8. The maximum atomic E-state index is 13.5. The maximum absolute atomic E-state index is 13.5. The van der Waals surface area contributed by atoms with Gasteiger partial charge in [0.15, 0.2) is 0 Å². The van der Waals surface area contributed by atoms with Crippen LogP contribution < -0.4 is 15.4 Å². The lowest BCUT2D eigenvalue weighted by Gasteiger charge is -2.27. The molecule has 1 aliphatic heterocycles. The van der Waals surface area contributed by atoms with Gasteiger partial charge in [-0.25, -0.2) is 9.59 Å². The monoisotopic (exact) mass is 706 g/mol. The second-order valence-electron chi connectivity index (χ2n) is 13.0. The summed E-state index contributed by atoms with van der Waals surface area (Å²) in [4.78, 5) is 64.0. The molecule has 0 aromatic heterocycles. The minimum Gasteiger partial charge on any atom is -0.448 e. The van der Waals surface area contributed by atoms with E-state index < -0.39 is 41.1 Å². The number of likely N-dealkylation sites (tertiary alicyclic amines) is 1. The summed E-state index contributed by atoms with van der Waals surface area (Å²) in [6, 6.07) is 26.1. The van der Waals surface area contributed by atoms with Gasteiger partial charge in [0.2, 0.25) is 11.8 Å². The Morgan fingerprint density at radius 3 is 2.12 bits per heavy atom. The Balaban J connectivity index is 0.996. The van der Waals surface area contributed by atoms with Crippen LogP contribution in [-0.2, 0) is 25.7 Å². The number of nitro benzene ring substituents is 1. The van der Waals surface area contributed by atoms with Crippen molar-refractivity contribution >= 4 is 35.4 Å². The summed E-state index contributed by atoms with van der Waals surface area (Å²) in [5, 5.41) is 16.5. The quantitative estimate of drug-likeness (QED) is 0.0738. The van der Waals surface area contributed by atoms with E-state index in [0.29, 0.717) is 30.6 Å². The third kappa shape index (κ3) is 8.04. The normalized spacial score (nSPS) is 15.3. The number of carbonyl (C=O) groups excluding carboxylic acids is 4. The van der Waals surface area contributed by atoms with Crippen LogP contribution in [0.4, 0.5) is 21.0 Å². The van der Waals surface area contributed by atoms with E-state index >= 15 is 0 Å². The van der Waals surface area contributed by atoms with Gasteiger partial charge in [-0.05, 0) is 70.8 Å². The molecule has 1 aliphatic carbocycles. The minimum atomic E-state index is -0.985. The Morgan fingerprint density at radius 2 is 1.50 bits per heavy atom. The predicted molar refractivity (Wildman–Crippen MR) is 191 cm³/mol. The van der Waals surface area contributed by atoms with Crippen molar-refractivity contribution in [3.05, 3.63) is 124 Å². The molecule has 3 amide bonds. The highest BCUT2D eigenvalue weighted by Gasteiger charge is 2.38. The number of amides is 3. The summed E-state index contributed by atoms with van der Waals surface area (Å²) in [6.07, 6.45) is -0.464. The summed E-state index contributed by atoms with van der Waals surface area (Å²) in [5.74, 6) is -1.12. The molecule has 0 bridgehead atoms. The standard InChI is InChI=1S/C39H38N4O9/c1-24(2)35(37(45)40-26-15-13-25(14-16-26)22-51-39(47)52-28-19-17-27(18-20-28)43(48)49)41-36(44)34-12-7-21-42(34)38(46)50-23-33-31-10-5-3-8-29(31)30-9-4-6-11-32(30)33/h3-6,8-11,13-20,24,33-35H,7,12,21-23H2,1-2H3,(H,40,45)(H,41,44)/t34-,35?/m0/s1. The summed E-state index contributed by atoms with van der Waals surface area (Å²) in [5.41, 5.74) is 5.39. The summed E-state index contributed by atoms with van der Waals surface area (Å²) in [7, 11) is 0. The van der Waals surface area contributed by atoms with Crippen molar-refractivity contribution in [3.8, 4) is 16.9 Å². The first kappa shape index (κ1) is 35.6. The van der Waals surface area contributed by atoms with Gasteiger partial charge in [0.25, 0.3) is 5.69 Å². The minimum absolute atomic E-state index is 0.0957. The maximum Gasteiger partial charge on any atom is 0.514 e. The van der Waals surface area contributed by atoms with E-state index in [2.05, 4.69) is 22.8 Å². The van der Waals surface area contributed by atoms with Crippen LogP contribution in [-0.4, -0.2) is 59.1 Å². The summed E-state index contributed by atoms with van der Waals surface area (Å²) < 4.78 is 16.0. The van der Waals surface area contributed by atoms with Gasteiger partial charge >= 0.3 is 12.2 Å². The van der Waals surface area contributed by atoms with Crippen LogP contribution in [0.1, 0.15) is 49.3 Å². The molecule has 1 fully saturated rings. The zero-order chi connectivity index (χ0) is 36.8. The second-order valence-corrected chi connectivity index (χ2v) is 13.0. The predicted octanol–water partition coefficient (Wildman–Crippen LogP) is 6.80. The third-order valence-corrected chi connectivity index (χ3v) is 9.20. The van der Waals surface area contributed by atoms with Gasteiger partial charge in [0.05, 0.1) is 4.92 Å². The lowest BCUT2D eigenvalue weighted by Crippen LogP contribution is -2.53. The molecule has 13 heteroatoms. The van der Waals surface area contributed by atoms with Crippen molar-refractivity contribution in [2.75, 3.05) is 18.5 Å². The molecule has 4 aromatic rings. The molecule has 2 aliphatic rings. The van der Waals surface area contributed by atoms with Crippen molar-refractivity contribution < 1.29 is 38.3 Å². The van der Waals surface area contributed by atoms with Crippen LogP contribution >= 0.6 is 0 Å². The number of nitrogens with one attached hydrogen (secondary N) is 2. The van der Waals surface area contributed by atoms with Crippen LogP contribution in [0, 0.1) is 16.0 Å². The van der Waals surface area contributed by atoms with E-state index in [1.54, 1.807) is 24.3 Å². The first-order chi connectivity index (χ1) is 25.1. The molecule has 268 valence electrons. The number of carbonyl (C=O) groups is 4. The third-order valence-electron chi connectivity index (χ3n) is 9.20. The number of benzene rings is 4. The fourth-order valence-electron chi connectivity index (χ4n) is 6.53. The average Bonchev–Trinajstić information content (AvgIpc) is 3.76. The molecule has 4 aromatic carbocycles. The molecule has 13 nitrogen and oxygen atoms in total. The first-order valence-corrected chi connectivity index (χ1v) is 17.0. The number of rotatable bonds is 11. The zero-order valence-corrected chi connectivity index (χ0v) is 28.7. The number of nitro groups is 1. The van der Waals surface area contributed by atoms with Crippen molar-refractivity contribution in [2.45, 2.75) is 51.3 Å². The van der Waals surface area contributed by atoms with E-state index in [9.17, 15) is 29.3 Å². The molecule has 1 saturated heterocycles. The fraction of sp³-hybridized carbons (Fsp3) is 0.282. The van der Waals surface area contributed by atoms with Crippen LogP contribution in [0.2, 0.25) is 0 Å². The lowest BCUT2D eigenvalue weighted by molar-refractivity contribution is -0.384. The van der Waals surface area contributed by atoms with Gasteiger partial charge in [0, 0.05) is 30.3 Å². The molecular formula is C39H38N4O9. The number of non-ortho nitro benzene ring substituents is 1. The van der Waals surface area contributed by atoms with E-state index in [0.717, 1.165) is 22.3 Å². The van der Waals surface area contributed by atoms with Gasteiger partial charge in [-0.3, -0.25) is 24.6 Å². The Kier molecular flexibility index (Phi) is 10.8. The Hall–Kier alpha value is -6.24. The largest absolute Gasteiger partial charge is 0.514 e. The number of fused-ring (bicyclic) bond motifs is 3. The Labute approximate surface area is 300 Å². The van der Waals surface area contributed by atoms with E-state index in [1.165, 1.54) is 29.2 Å². The van der Waals surface area contributed by atoms with Crippen LogP contribution in [0.25, 0.3) is 11.1 Å². The molecule has 1 unspecified atom stereocenters. The van der Waals surface area contributed by atoms with Crippen LogP contribution in [0.15, 0.2) is 97.1 Å². The topological polar surface area (TPSA) is 166 Å². The molecule has 0 radical (unpaired) electrons. The van der Waals surface area contributed by atoms with Gasteiger partial charge in [-0.15, -0.1) is 0 Å². The Bertz CT molecular complexity index is 1920. The van der Waals surface area contributed by atoms with Crippen molar-refractivity contribution in [2.24, 2.45) is 5.92 Å². The van der Waals surface area contributed by atoms with Crippen LogP contribution in [0.5, 0.6) is 5.75 Å². The summed E-state index contributed by atoms with van der Waals surface area (Å²) >= 11 is 0. The molecule has 1 heterocycles. The number of nitrogens with zero attached hydrogens (tertiary/aromatic N) is 2. The lowest BCUT2D eigenvalue weighted by atomic mass is 9.98. The molecule has 6 rings (SSSR count). The fourth-order valence-corrected chi connectivity index (χ4v) is 6.53. The molecular weight excluding hydrogens is 668 g/mol. The smallest absolute Gasteiger partial charge is 0.448 e. The molecule has 0 spiro atoms. The first-order valence-electron chi connectivity index (χ1n) is 17.0. The highest BCUT2D eigenvalue weighted by molar-refractivity contribution is 5.98. The van der Waals surface area contributed by atoms with Gasteiger partial charge < -0.3 is 24.8 Å². The highest BCUT2D eigenvalue weighted by Crippen LogP contribution is 2.44. The number of ether oxygens (including phenoxy) is 3. The van der Waals surface area contributed by atoms with Crippen LogP contribution in [0.3, 0.4) is 0 Å². The Morgan fingerprint density at radius 1 is 0.865 bits per heavy atom. The highest BCUT2D eigenvalue weighted by atomic mass is 16.7.